The molecule has 0 amide bonds. The van der Waals surface area contributed by atoms with Gasteiger partial charge in [0.05, 0.1) is 21.4 Å². The van der Waals surface area contributed by atoms with Crippen LogP contribution in [0, 0.1) is 20.8 Å². The summed E-state index contributed by atoms with van der Waals surface area (Å²) in [5.74, 6) is 0. The van der Waals surface area contributed by atoms with Gasteiger partial charge in [-0.05, 0) is 38.0 Å². The van der Waals surface area contributed by atoms with E-state index in [2.05, 4.69) is 47.8 Å². The minimum atomic E-state index is 0.833. The molecule has 0 N–H and O–H groups in total. The Kier molecular flexibility index (Phi) is 3.68. The highest BCUT2D eigenvalue weighted by Crippen LogP contribution is 2.25. The van der Waals surface area contributed by atoms with Gasteiger partial charge in [0.2, 0.25) is 0 Å². The van der Waals surface area contributed by atoms with E-state index in [1.165, 1.54) is 16.7 Å². The molecule has 0 atom stereocenters. The quantitative estimate of drug-likeness (QED) is 0.695. The Morgan fingerprint density at radius 1 is 0.950 bits per heavy atom. The number of benzene rings is 1. The van der Waals surface area contributed by atoms with Crippen molar-refractivity contribution in [3.8, 4) is 11.3 Å². The predicted molar refractivity (Wildman–Crippen MR) is 86.7 cm³/mol. The molecule has 3 rings (SSSR count). The fourth-order valence-electron chi connectivity index (χ4n) is 2.07. The first-order valence-electron chi connectivity index (χ1n) is 6.55. The monoisotopic (exact) mass is 300 g/mol. The van der Waals surface area contributed by atoms with Crippen molar-refractivity contribution < 1.29 is 0 Å². The third-order valence-electron chi connectivity index (χ3n) is 3.35. The number of aromatic nitrogens is 2. The van der Waals surface area contributed by atoms with Gasteiger partial charge in [0.25, 0.3) is 0 Å². The Hall–Kier alpha value is -1.52. The van der Waals surface area contributed by atoms with E-state index in [4.69, 9.17) is 4.98 Å². The summed E-state index contributed by atoms with van der Waals surface area (Å²) in [4.78, 5) is 9.24. The standard InChI is InChI=1S/C16H16N2S2/c1-10-4-5-13(6-11(10)2)15-9-20-16(18-15)7-14-8-19-12(3)17-14/h4-6,8-9H,7H2,1-3H3. The molecule has 0 saturated carbocycles. The molecule has 0 aliphatic carbocycles. The van der Waals surface area contributed by atoms with E-state index in [1.54, 1.807) is 22.7 Å². The van der Waals surface area contributed by atoms with Crippen molar-refractivity contribution in [1.29, 1.82) is 0 Å². The van der Waals surface area contributed by atoms with Crippen LogP contribution in [0.25, 0.3) is 11.3 Å². The summed E-state index contributed by atoms with van der Waals surface area (Å²) in [6.07, 6.45) is 0.833. The van der Waals surface area contributed by atoms with E-state index in [9.17, 15) is 0 Å². The molecule has 0 bridgehead atoms. The second-order valence-corrected chi connectivity index (χ2v) is 6.97. The lowest BCUT2D eigenvalue weighted by molar-refractivity contribution is 1.06. The highest BCUT2D eigenvalue weighted by atomic mass is 32.1. The summed E-state index contributed by atoms with van der Waals surface area (Å²) >= 11 is 3.41. The van der Waals surface area contributed by atoms with E-state index in [1.807, 2.05) is 6.92 Å². The molecule has 20 heavy (non-hydrogen) atoms. The molecule has 2 heterocycles. The van der Waals surface area contributed by atoms with Crippen molar-refractivity contribution in [3.63, 3.8) is 0 Å². The van der Waals surface area contributed by atoms with Gasteiger partial charge in [-0.15, -0.1) is 22.7 Å². The molecule has 0 fully saturated rings. The van der Waals surface area contributed by atoms with Crippen LogP contribution in [0.1, 0.15) is 26.8 Å². The van der Waals surface area contributed by atoms with Crippen LogP contribution >= 0.6 is 22.7 Å². The first-order chi connectivity index (χ1) is 9.61. The summed E-state index contributed by atoms with van der Waals surface area (Å²) in [5, 5.41) is 6.50. The van der Waals surface area contributed by atoms with Crippen molar-refractivity contribution in [1.82, 2.24) is 9.97 Å². The molecule has 2 aromatic heterocycles. The van der Waals surface area contributed by atoms with Gasteiger partial charge in [-0.1, -0.05) is 12.1 Å². The molecule has 4 heteroatoms. The van der Waals surface area contributed by atoms with Crippen LogP contribution in [-0.4, -0.2) is 9.97 Å². The molecular formula is C16H16N2S2. The largest absolute Gasteiger partial charge is 0.246 e. The molecule has 3 aromatic rings. The topological polar surface area (TPSA) is 25.8 Å². The number of hydrogen-bond donors (Lipinski definition) is 0. The molecule has 0 saturated heterocycles. The fourth-order valence-corrected chi connectivity index (χ4v) is 3.50. The van der Waals surface area contributed by atoms with Gasteiger partial charge in [0, 0.05) is 22.7 Å². The predicted octanol–water partition coefficient (Wildman–Crippen LogP) is 4.78. The third-order valence-corrected chi connectivity index (χ3v) is 5.02. The molecule has 0 aliphatic rings. The van der Waals surface area contributed by atoms with Crippen molar-refractivity contribution >= 4 is 22.7 Å². The number of aryl methyl sites for hydroxylation is 3. The van der Waals surface area contributed by atoms with Gasteiger partial charge in [0.15, 0.2) is 0 Å². The summed E-state index contributed by atoms with van der Waals surface area (Å²) in [5.41, 5.74) is 6.02. The first-order valence-corrected chi connectivity index (χ1v) is 8.31. The lowest BCUT2D eigenvalue weighted by atomic mass is 10.1. The Balaban J connectivity index is 1.84. The highest BCUT2D eigenvalue weighted by Gasteiger charge is 2.08. The molecule has 0 unspecified atom stereocenters. The number of rotatable bonds is 3. The normalized spacial score (nSPS) is 10.9. The number of hydrogen-bond acceptors (Lipinski definition) is 4. The van der Waals surface area contributed by atoms with Crippen molar-refractivity contribution in [3.05, 3.63) is 55.8 Å². The molecule has 102 valence electrons. The minimum absolute atomic E-state index is 0.833. The Bertz CT molecular complexity index is 741. The zero-order valence-corrected chi connectivity index (χ0v) is 13.4. The average Bonchev–Trinajstić information content (AvgIpc) is 3.03. The van der Waals surface area contributed by atoms with Crippen molar-refractivity contribution in [2.75, 3.05) is 0 Å². The van der Waals surface area contributed by atoms with E-state index in [0.29, 0.717) is 0 Å². The molecular weight excluding hydrogens is 284 g/mol. The van der Waals surface area contributed by atoms with Crippen LogP contribution in [0.2, 0.25) is 0 Å². The van der Waals surface area contributed by atoms with Crippen molar-refractivity contribution in [2.45, 2.75) is 27.2 Å². The second-order valence-electron chi connectivity index (χ2n) is 4.96. The van der Waals surface area contributed by atoms with E-state index < -0.39 is 0 Å². The maximum absolute atomic E-state index is 4.74. The first kappa shape index (κ1) is 13.5. The summed E-state index contributed by atoms with van der Waals surface area (Å²) in [6, 6.07) is 6.52. The molecule has 1 aromatic carbocycles. The van der Waals surface area contributed by atoms with E-state index in [-0.39, 0.29) is 0 Å². The summed E-state index contributed by atoms with van der Waals surface area (Å²) in [7, 11) is 0. The minimum Gasteiger partial charge on any atom is -0.246 e. The Morgan fingerprint density at radius 2 is 1.80 bits per heavy atom. The van der Waals surface area contributed by atoms with Crippen LogP contribution in [0.4, 0.5) is 0 Å². The van der Waals surface area contributed by atoms with Gasteiger partial charge >= 0.3 is 0 Å². The summed E-state index contributed by atoms with van der Waals surface area (Å²) < 4.78 is 0. The molecule has 0 spiro atoms. The van der Waals surface area contributed by atoms with Gasteiger partial charge in [-0.3, -0.25) is 0 Å². The van der Waals surface area contributed by atoms with Crippen LogP contribution in [0.3, 0.4) is 0 Å². The van der Waals surface area contributed by atoms with E-state index >= 15 is 0 Å². The maximum Gasteiger partial charge on any atom is 0.0992 e. The van der Waals surface area contributed by atoms with Crippen LogP contribution in [0.15, 0.2) is 29.0 Å². The smallest absolute Gasteiger partial charge is 0.0992 e. The van der Waals surface area contributed by atoms with Gasteiger partial charge < -0.3 is 0 Å². The van der Waals surface area contributed by atoms with E-state index in [0.717, 1.165) is 27.8 Å². The van der Waals surface area contributed by atoms with Crippen molar-refractivity contribution in [2.24, 2.45) is 0 Å². The van der Waals surface area contributed by atoms with Gasteiger partial charge in [0.1, 0.15) is 0 Å². The third kappa shape index (κ3) is 2.81. The highest BCUT2D eigenvalue weighted by molar-refractivity contribution is 7.10. The average molecular weight is 300 g/mol. The van der Waals surface area contributed by atoms with Crippen LogP contribution < -0.4 is 0 Å². The zero-order valence-electron chi connectivity index (χ0n) is 11.8. The lowest BCUT2D eigenvalue weighted by Gasteiger charge is -2.02. The van der Waals surface area contributed by atoms with Crippen LogP contribution in [0.5, 0.6) is 0 Å². The molecule has 0 aliphatic heterocycles. The number of nitrogens with zero attached hydrogens (tertiary/aromatic N) is 2. The summed E-state index contributed by atoms with van der Waals surface area (Å²) in [6.45, 7) is 6.32. The fraction of sp³-hybridized carbons (Fsp3) is 0.250. The molecule has 2 nitrogen and oxygen atoms in total. The Labute approximate surface area is 127 Å². The SMILES string of the molecule is Cc1nc(Cc2nc(-c3ccc(C)c(C)c3)cs2)cs1. The second kappa shape index (κ2) is 5.46. The Morgan fingerprint density at radius 3 is 2.50 bits per heavy atom. The number of thiazole rings is 2. The van der Waals surface area contributed by atoms with Crippen LogP contribution in [-0.2, 0) is 6.42 Å². The zero-order chi connectivity index (χ0) is 14.1. The molecule has 0 radical (unpaired) electrons. The van der Waals surface area contributed by atoms with Gasteiger partial charge in [-0.25, -0.2) is 9.97 Å². The lowest BCUT2D eigenvalue weighted by Crippen LogP contribution is -1.88. The maximum atomic E-state index is 4.74. The van der Waals surface area contributed by atoms with Gasteiger partial charge in [-0.2, -0.15) is 0 Å².